The van der Waals surface area contributed by atoms with E-state index in [9.17, 15) is 30.7 Å². The highest BCUT2D eigenvalue weighted by atomic mass is 19.3. The molecule has 0 radical (unpaired) electrons. The smallest absolute Gasteiger partial charge is 0.317 e. The average Bonchev–Trinajstić information content (AvgIpc) is 2.33. The minimum atomic E-state index is -4.19. The molecule has 2 aliphatic rings. The SMILES string of the molecule is CC1CC(F)C(C(F)(F)OC2CC(F)C(F)C(F)C2)C(F)C1. The minimum Gasteiger partial charge on any atom is -0.317 e. The number of hydrogen-bond acceptors (Lipinski definition) is 1. The second-order valence-electron chi connectivity index (χ2n) is 6.38. The molecule has 4 atom stereocenters. The van der Waals surface area contributed by atoms with Gasteiger partial charge in [-0.25, -0.2) is 22.0 Å². The Hall–Kier alpha value is -0.530. The van der Waals surface area contributed by atoms with Crippen LogP contribution in [0.2, 0.25) is 0 Å². The van der Waals surface area contributed by atoms with Crippen molar-refractivity contribution < 1.29 is 35.5 Å². The summed E-state index contributed by atoms with van der Waals surface area (Å²) < 4.78 is 99.4. The first-order chi connectivity index (χ1) is 10.1. The number of ether oxygens (including phenoxy) is 1. The van der Waals surface area contributed by atoms with Gasteiger partial charge in [0, 0.05) is 12.8 Å². The normalized spacial score (nSPS) is 47.5. The van der Waals surface area contributed by atoms with Crippen molar-refractivity contribution in [2.45, 2.75) is 75.7 Å². The molecular weight excluding hydrogens is 317 g/mol. The molecule has 0 aromatic heterocycles. The Balaban J connectivity index is 2.04. The standard InChI is InChI=1S/C14H19F7O/c1-6-2-8(15)12(9(16)3-6)14(20,21)22-7-4-10(17)13(19)11(18)5-7/h6-13H,2-5H2,1H3. The Kier molecular flexibility index (Phi) is 5.29. The Morgan fingerprint density at radius 1 is 0.773 bits per heavy atom. The van der Waals surface area contributed by atoms with E-state index in [1.54, 1.807) is 6.92 Å². The third-order valence-electron chi connectivity index (χ3n) is 4.41. The van der Waals surface area contributed by atoms with Gasteiger partial charge in [-0.05, 0) is 18.8 Å². The van der Waals surface area contributed by atoms with Crippen LogP contribution in [0.5, 0.6) is 0 Å². The summed E-state index contributed by atoms with van der Waals surface area (Å²) in [4.78, 5) is 0. The van der Waals surface area contributed by atoms with Gasteiger partial charge in [0.05, 0.1) is 6.10 Å². The average molecular weight is 336 g/mol. The van der Waals surface area contributed by atoms with Crippen LogP contribution in [0.3, 0.4) is 0 Å². The first kappa shape index (κ1) is 17.8. The monoisotopic (exact) mass is 336 g/mol. The van der Waals surface area contributed by atoms with E-state index in [4.69, 9.17) is 0 Å². The molecule has 0 aliphatic heterocycles. The van der Waals surface area contributed by atoms with Crippen LogP contribution in [0.25, 0.3) is 0 Å². The Morgan fingerprint density at radius 3 is 1.68 bits per heavy atom. The fourth-order valence-corrected chi connectivity index (χ4v) is 3.29. The van der Waals surface area contributed by atoms with Gasteiger partial charge < -0.3 is 4.74 Å². The Labute approximate surface area is 124 Å². The molecule has 0 N–H and O–H groups in total. The van der Waals surface area contributed by atoms with Gasteiger partial charge in [-0.15, -0.1) is 0 Å². The first-order valence-corrected chi connectivity index (χ1v) is 7.37. The van der Waals surface area contributed by atoms with Crippen molar-refractivity contribution in [2.24, 2.45) is 11.8 Å². The summed E-state index contributed by atoms with van der Waals surface area (Å²) in [6, 6.07) is 0. The zero-order valence-electron chi connectivity index (χ0n) is 12.0. The maximum absolute atomic E-state index is 14.0. The van der Waals surface area contributed by atoms with Crippen molar-refractivity contribution >= 4 is 0 Å². The van der Waals surface area contributed by atoms with Gasteiger partial charge in [-0.3, -0.25) is 0 Å². The van der Waals surface area contributed by atoms with E-state index in [1.165, 1.54) is 0 Å². The molecule has 130 valence electrons. The molecule has 0 aromatic carbocycles. The summed E-state index contributed by atoms with van der Waals surface area (Å²) in [5.74, 6) is -2.67. The van der Waals surface area contributed by atoms with E-state index >= 15 is 0 Å². The number of hydrogen-bond donors (Lipinski definition) is 0. The lowest BCUT2D eigenvalue weighted by molar-refractivity contribution is -0.322. The fourth-order valence-electron chi connectivity index (χ4n) is 3.29. The first-order valence-electron chi connectivity index (χ1n) is 7.37. The largest absolute Gasteiger partial charge is 0.364 e. The topological polar surface area (TPSA) is 9.23 Å². The molecule has 2 rings (SSSR count). The summed E-state index contributed by atoms with van der Waals surface area (Å²) in [6.45, 7) is 1.55. The third kappa shape index (κ3) is 3.68. The van der Waals surface area contributed by atoms with Gasteiger partial charge in [0.1, 0.15) is 30.6 Å². The predicted molar refractivity (Wildman–Crippen MR) is 65.4 cm³/mol. The van der Waals surface area contributed by atoms with Gasteiger partial charge >= 0.3 is 6.11 Å². The van der Waals surface area contributed by atoms with Crippen molar-refractivity contribution in [1.82, 2.24) is 0 Å². The molecule has 2 aliphatic carbocycles. The van der Waals surface area contributed by atoms with Crippen molar-refractivity contribution in [1.29, 1.82) is 0 Å². The molecule has 4 unspecified atom stereocenters. The van der Waals surface area contributed by atoms with Crippen LogP contribution in [0.1, 0.15) is 32.6 Å². The lowest BCUT2D eigenvalue weighted by Gasteiger charge is -2.39. The highest BCUT2D eigenvalue weighted by molar-refractivity contribution is 4.92. The van der Waals surface area contributed by atoms with Gasteiger partial charge in [0.2, 0.25) is 0 Å². The number of halogens is 7. The lowest BCUT2D eigenvalue weighted by Crippen LogP contribution is -2.51. The number of rotatable bonds is 3. The van der Waals surface area contributed by atoms with Crippen LogP contribution in [0.15, 0.2) is 0 Å². The van der Waals surface area contributed by atoms with Gasteiger partial charge in [-0.2, -0.15) is 8.78 Å². The Morgan fingerprint density at radius 2 is 1.23 bits per heavy atom. The van der Waals surface area contributed by atoms with Crippen LogP contribution in [0, 0.1) is 11.8 Å². The minimum absolute atomic E-state index is 0.223. The van der Waals surface area contributed by atoms with E-state index in [0.717, 1.165) is 0 Å². The molecule has 2 saturated carbocycles. The molecule has 0 aromatic rings. The zero-order valence-corrected chi connectivity index (χ0v) is 12.0. The summed E-state index contributed by atoms with van der Waals surface area (Å²) in [7, 11) is 0. The van der Waals surface area contributed by atoms with Gasteiger partial charge in [0.15, 0.2) is 6.17 Å². The van der Waals surface area contributed by atoms with E-state index in [-0.39, 0.29) is 18.8 Å². The maximum Gasteiger partial charge on any atom is 0.364 e. The molecule has 22 heavy (non-hydrogen) atoms. The van der Waals surface area contributed by atoms with E-state index in [2.05, 4.69) is 4.74 Å². The molecule has 0 saturated heterocycles. The van der Waals surface area contributed by atoms with E-state index in [0.29, 0.717) is 0 Å². The highest BCUT2D eigenvalue weighted by Crippen LogP contribution is 2.44. The zero-order chi connectivity index (χ0) is 16.7. The highest BCUT2D eigenvalue weighted by Gasteiger charge is 2.55. The lowest BCUT2D eigenvalue weighted by atomic mass is 9.79. The van der Waals surface area contributed by atoms with Crippen molar-refractivity contribution in [3.63, 3.8) is 0 Å². The van der Waals surface area contributed by atoms with Crippen LogP contribution < -0.4 is 0 Å². The molecule has 0 heterocycles. The van der Waals surface area contributed by atoms with Crippen LogP contribution >= 0.6 is 0 Å². The molecule has 0 spiro atoms. The Bertz CT molecular complexity index is 356. The van der Waals surface area contributed by atoms with Gasteiger partial charge in [0.25, 0.3) is 0 Å². The predicted octanol–water partition coefficient (Wildman–Crippen LogP) is 4.49. The summed E-state index contributed by atoms with van der Waals surface area (Å²) >= 11 is 0. The van der Waals surface area contributed by atoms with Crippen LogP contribution in [0.4, 0.5) is 30.7 Å². The molecule has 0 bridgehead atoms. The molecule has 1 nitrogen and oxygen atoms in total. The molecular formula is C14H19F7O. The van der Waals surface area contributed by atoms with Crippen LogP contribution in [-0.2, 0) is 4.74 Å². The van der Waals surface area contributed by atoms with Crippen molar-refractivity contribution in [3.8, 4) is 0 Å². The van der Waals surface area contributed by atoms with Crippen molar-refractivity contribution in [3.05, 3.63) is 0 Å². The molecule has 2 fully saturated rings. The summed E-state index contributed by atoms with van der Waals surface area (Å²) in [5.41, 5.74) is 0. The quantitative estimate of drug-likeness (QED) is 0.690. The van der Waals surface area contributed by atoms with Crippen LogP contribution in [-0.4, -0.2) is 43.1 Å². The third-order valence-corrected chi connectivity index (χ3v) is 4.41. The van der Waals surface area contributed by atoms with Gasteiger partial charge in [-0.1, -0.05) is 6.92 Å². The van der Waals surface area contributed by atoms with E-state index in [1.807, 2.05) is 0 Å². The second-order valence-corrected chi connectivity index (χ2v) is 6.38. The fraction of sp³-hybridized carbons (Fsp3) is 1.00. The summed E-state index contributed by atoms with van der Waals surface area (Å²) in [6.07, 6.45) is -18.9. The summed E-state index contributed by atoms with van der Waals surface area (Å²) in [5, 5.41) is 0. The van der Waals surface area contributed by atoms with E-state index < -0.39 is 61.8 Å². The second kappa shape index (κ2) is 6.53. The molecule has 8 heteroatoms. The molecule has 0 amide bonds. The maximum atomic E-state index is 14.0. The number of alkyl halides is 7. The van der Waals surface area contributed by atoms with Crippen molar-refractivity contribution in [2.75, 3.05) is 0 Å².